The predicted octanol–water partition coefficient (Wildman–Crippen LogP) is 3.39. The highest BCUT2D eigenvalue weighted by Gasteiger charge is 2.11. The molecular weight excluding hydrogens is 307 g/mol. The van der Waals surface area contributed by atoms with Crippen LogP contribution in [-0.4, -0.2) is 30.8 Å². The molecule has 1 aromatic heterocycles. The van der Waals surface area contributed by atoms with E-state index in [0.29, 0.717) is 11.4 Å². The van der Waals surface area contributed by atoms with E-state index in [1.54, 1.807) is 12.1 Å². The SMILES string of the molecule is CCCNCc1ccc(Sc2nnc(N(C)C)s2)c(F)c1. The molecule has 4 nitrogen and oxygen atoms in total. The van der Waals surface area contributed by atoms with Crippen LogP contribution in [-0.2, 0) is 6.54 Å². The Labute approximate surface area is 132 Å². The molecule has 7 heteroatoms. The number of aromatic nitrogens is 2. The van der Waals surface area contributed by atoms with E-state index in [1.165, 1.54) is 23.1 Å². The fourth-order valence-electron chi connectivity index (χ4n) is 1.67. The highest BCUT2D eigenvalue weighted by Crippen LogP contribution is 2.34. The Morgan fingerprint density at radius 3 is 2.76 bits per heavy atom. The predicted molar refractivity (Wildman–Crippen MR) is 86.8 cm³/mol. The highest BCUT2D eigenvalue weighted by molar-refractivity contribution is 8.01. The number of hydrogen-bond acceptors (Lipinski definition) is 6. The Balaban J connectivity index is 2.02. The first-order chi connectivity index (χ1) is 10.1. The van der Waals surface area contributed by atoms with Gasteiger partial charge >= 0.3 is 0 Å². The van der Waals surface area contributed by atoms with Crippen LogP contribution in [0.1, 0.15) is 18.9 Å². The van der Waals surface area contributed by atoms with Crippen molar-refractivity contribution in [2.75, 3.05) is 25.5 Å². The zero-order valence-corrected chi connectivity index (χ0v) is 14.0. The molecule has 0 saturated carbocycles. The van der Waals surface area contributed by atoms with Gasteiger partial charge in [0.05, 0.1) is 4.90 Å². The summed E-state index contributed by atoms with van der Waals surface area (Å²) in [5, 5.41) is 12.2. The van der Waals surface area contributed by atoms with Crippen molar-refractivity contribution in [3.63, 3.8) is 0 Å². The first kappa shape index (κ1) is 16.2. The summed E-state index contributed by atoms with van der Waals surface area (Å²) in [5.41, 5.74) is 0.955. The van der Waals surface area contributed by atoms with Crippen LogP contribution in [0.4, 0.5) is 9.52 Å². The van der Waals surface area contributed by atoms with Gasteiger partial charge in [0.25, 0.3) is 0 Å². The van der Waals surface area contributed by atoms with Crippen molar-refractivity contribution in [3.8, 4) is 0 Å². The van der Waals surface area contributed by atoms with Gasteiger partial charge in [-0.15, -0.1) is 10.2 Å². The van der Waals surface area contributed by atoms with Gasteiger partial charge in [-0.05, 0) is 30.7 Å². The molecule has 0 spiro atoms. The molecule has 0 fully saturated rings. The Morgan fingerprint density at radius 2 is 2.14 bits per heavy atom. The fourth-order valence-corrected chi connectivity index (χ4v) is 3.39. The first-order valence-corrected chi connectivity index (χ1v) is 8.41. The number of benzene rings is 1. The Hall–Kier alpha value is -1.18. The van der Waals surface area contributed by atoms with E-state index >= 15 is 0 Å². The normalized spacial score (nSPS) is 10.9. The third-order valence-corrected chi connectivity index (χ3v) is 4.92. The van der Waals surface area contributed by atoms with Crippen LogP contribution in [0.15, 0.2) is 27.4 Å². The molecule has 2 aromatic rings. The molecule has 114 valence electrons. The van der Waals surface area contributed by atoms with Crippen LogP contribution in [0.3, 0.4) is 0 Å². The van der Waals surface area contributed by atoms with Gasteiger partial charge in [0.15, 0.2) is 4.34 Å². The van der Waals surface area contributed by atoms with Crippen LogP contribution in [0, 0.1) is 5.82 Å². The van der Waals surface area contributed by atoms with E-state index < -0.39 is 0 Å². The number of halogens is 1. The zero-order valence-electron chi connectivity index (χ0n) is 12.4. The molecule has 1 heterocycles. The smallest absolute Gasteiger partial charge is 0.208 e. The molecule has 0 aliphatic carbocycles. The lowest BCUT2D eigenvalue weighted by atomic mass is 10.2. The molecule has 21 heavy (non-hydrogen) atoms. The quantitative estimate of drug-likeness (QED) is 0.790. The maximum Gasteiger partial charge on any atom is 0.208 e. The average molecular weight is 326 g/mol. The lowest BCUT2D eigenvalue weighted by molar-refractivity contribution is 0.595. The van der Waals surface area contributed by atoms with Crippen LogP contribution in [0.2, 0.25) is 0 Å². The Kier molecular flexibility index (Phi) is 5.96. The summed E-state index contributed by atoms with van der Waals surface area (Å²) in [7, 11) is 3.82. The summed E-state index contributed by atoms with van der Waals surface area (Å²) in [5.74, 6) is -0.211. The van der Waals surface area contributed by atoms with Gasteiger partial charge in [-0.2, -0.15) is 0 Å². The molecule has 0 bridgehead atoms. The van der Waals surface area contributed by atoms with Crippen molar-refractivity contribution < 1.29 is 4.39 Å². The number of rotatable bonds is 7. The van der Waals surface area contributed by atoms with Gasteiger partial charge in [0.1, 0.15) is 5.82 Å². The van der Waals surface area contributed by atoms with Gasteiger partial charge in [0, 0.05) is 20.6 Å². The van der Waals surface area contributed by atoms with Crippen molar-refractivity contribution >= 4 is 28.2 Å². The van der Waals surface area contributed by atoms with E-state index in [0.717, 1.165) is 28.0 Å². The second-order valence-electron chi connectivity index (χ2n) is 4.79. The van der Waals surface area contributed by atoms with Crippen molar-refractivity contribution in [2.24, 2.45) is 0 Å². The third-order valence-electron chi connectivity index (χ3n) is 2.73. The summed E-state index contributed by atoms with van der Waals surface area (Å²) >= 11 is 2.77. The minimum absolute atomic E-state index is 0.211. The molecule has 0 aliphatic heterocycles. The van der Waals surface area contributed by atoms with Crippen LogP contribution < -0.4 is 10.2 Å². The minimum atomic E-state index is -0.211. The molecule has 0 saturated heterocycles. The van der Waals surface area contributed by atoms with Gasteiger partial charge in [-0.1, -0.05) is 36.1 Å². The summed E-state index contributed by atoms with van der Waals surface area (Å²) < 4.78 is 14.9. The van der Waals surface area contributed by atoms with E-state index in [2.05, 4.69) is 22.4 Å². The average Bonchev–Trinajstić information content (AvgIpc) is 2.91. The monoisotopic (exact) mass is 326 g/mol. The summed E-state index contributed by atoms with van der Waals surface area (Å²) in [6, 6.07) is 5.33. The molecular formula is C14H19FN4S2. The second-order valence-corrected chi connectivity index (χ2v) is 7.03. The van der Waals surface area contributed by atoms with Gasteiger partial charge < -0.3 is 10.2 Å². The number of nitrogens with zero attached hydrogens (tertiary/aromatic N) is 3. The molecule has 0 atom stereocenters. The van der Waals surface area contributed by atoms with E-state index in [4.69, 9.17) is 0 Å². The fraction of sp³-hybridized carbons (Fsp3) is 0.429. The van der Waals surface area contributed by atoms with Crippen molar-refractivity contribution in [3.05, 3.63) is 29.6 Å². The standard InChI is InChI=1S/C14H19FN4S2/c1-4-7-16-9-10-5-6-12(11(15)8-10)20-14-18-17-13(21-14)19(2)3/h5-6,8,16H,4,7,9H2,1-3H3. The van der Waals surface area contributed by atoms with E-state index in [9.17, 15) is 4.39 Å². The van der Waals surface area contributed by atoms with Gasteiger partial charge in [0.2, 0.25) is 5.13 Å². The molecule has 2 rings (SSSR count). The largest absolute Gasteiger partial charge is 0.353 e. The zero-order chi connectivity index (χ0) is 15.2. The number of nitrogens with one attached hydrogen (secondary N) is 1. The lowest BCUT2D eigenvalue weighted by Crippen LogP contribution is -2.13. The molecule has 0 unspecified atom stereocenters. The van der Waals surface area contributed by atoms with Crippen molar-refractivity contribution in [1.29, 1.82) is 0 Å². The molecule has 1 N–H and O–H groups in total. The first-order valence-electron chi connectivity index (χ1n) is 6.78. The molecule has 0 amide bonds. The van der Waals surface area contributed by atoms with E-state index in [1.807, 2.05) is 25.1 Å². The lowest BCUT2D eigenvalue weighted by Gasteiger charge is -2.06. The topological polar surface area (TPSA) is 41.1 Å². The van der Waals surface area contributed by atoms with Crippen LogP contribution >= 0.6 is 23.1 Å². The van der Waals surface area contributed by atoms with Crippen molar-refractivity contribution in [2.45, 2.75) is 29.1 Å². The maximum atomic E-state index is 14.1. The molecule has 0 aliphatic rings. The summed E-state index contributed by atoms with van der Waals surface area (Å²) in [6.07, 6.45) is 1.07. The summed E-state index contributed by atoms with van der Waals surface area (Å²) in [4.78, 5) is 2.47. The van der Waals surface area contributed by atoms with Crippen molar-refractivity contribution in [1.82, 2.24) is 15.5 Å². The Bertz CT molecular complexity index is 586. The van der Waals surface area contributed by atoms with Crippen LogP contribution in [0.5, 0.6) is 0 Å². The minimum Gasteiger partial charge on any atom is -0.353 e. The molecule has 1 aromatic carbocycles. The second kappa shape index (κ2) is 7.72. The third kappa shape index (κ3) is 4.66. The van der Waals surface area contributed by atoms with Gasteiger partial charge in [-0.3, -0.25) is 0 Å². The molecule has 0 radical (unpaired) electrons. The number of hydrogen-bond donors (Lipinski definition) is 1. The van der Waals surface area contributed by atoms with Gasteiger partial charge in [-0.25, -0.2) is 4.39 Å². The summed E-state index contributed by atoms with van der Waals surface area (Å²) in [6.45, 7) is 3.74. The Morgan fingerprint density at radius 1 is 1.33 bits per heavy atom. The van der Waals surface area contributed by atoms with E-state index in [-0.39, 0.29) is 5.82 Å². The number of anilines is 1. The highest BCUT2D eigenvalue weighted by atomic mass is 32.2. The maximum absolute atomic E-state index is 14.1. The van der Waals surface area contributed by atoms with Crippen LogP contribution in [0.25, 0.3) is 0 Å².